The average Bonchev–Trinajstić information content (AvgIpc) is 1.58. The summed E-state index contributed by atoms with van der Waals surface area (Å²) in [5.41, 5.74) is 0.641. The van der Waals surface area contributed by atoms with Crippen molar-refractivity contribution in [3.63, 3.8) is 0 Å². The van der Waals surface area contributed by atoms with Crippen molar-refractivity contribution >= 4 is 107 Å². The molecule has 32 nitrogen and oxygen atoms in total. The smallest absolute Gasteiger partial charge is 0.333 e. The van der Waals surface area contributed by atoms with E-state index in [2.05, 4.69) is 0 Å². The summed E-state index contributed by atoms with van der Waals surface area (Å²) in [7, 11) is -22.2. The number of hydrogen-bond acceptors (Lipinski definition) is 25. The minimum absolute atomic E-state index is 0.00407. The fraction of sp³-hybridized carbons (Fsp3) is 0.507. The number of carbonyl (C=O) groups is 1. The van der Waals surface area contributed by atoms with E-state index in [0.717, 1.165) is 24.3 Å². The standard InChI is InChI=1S/C69H90ClN3O29S5/c1-68(21-7-43-103(77,78)79)60(72(24-26-95-32-34-99-39-40-101-42-41-100-38-36-97-30-28-93-4)57-16-14-52-54(65(57)68)44-50(104(80,81)82)46-58(52)106(86,87)88)17-11-48-8-5-9-49(67(48)70)12-18-61-69(2,22-25-94-31-33-98-37-35-96-29-27-92-3)66-55-45-51(105(83,84)85)47-59(107(89,90)91)53(55)13-15-56(66)71(61)23-6-10-64(76)102-73-62(74)19-20-63(73)75/h11-20,44-47H,5-10,21-43H2,1-4H3,(H6-,74,75,77,78,79,80,81,82,83,84,85,86,87,88,89,90,91)/p+1. The second-order valence-electron chi connectivity index (χ2n) is 25.4. The molecule has 0 radical (unpaired) electrons. The van der Waals surface area contributed by atoms with Gasteiger partial charge in [-0.05, 0) is 129 Å². The van der Waals surface area contributed by atoms with E-state index in [1.165, 1.54) is 12.1 Å². The van der Waals surface area contributed by atoms with Gasteiger partial charge in [-0.1, -0.05) is 29.8 Å². The number of carbonyl (C=O) groups excluding carboxylic acids is 1. The van der Waals surface area contributed by atoms with E-state index in [-0.39, 0.29) is 143 Å². The summed E-state index contributed by atoms with van der Waals surface area (Å²) in [4.78, 5) is 17.1. The van der Waals surface area contributed by atoms with Gasteiger partial charge in [-0.2, -0.15) is 46.7 Å². The van der Waals surface area contributed by atoms with Crippen LogP contribution in [0, 0.1) is 0 Å². The summed E-state index contributed by atoms with van der Waals surface area (Å²) in [6.45, 7) is 8.22. The number of halogens is 1. The molecule has 592 valence electrons. The van der Waals surface area contributed by atoms with Gasteiger partial charge in [0.05, 0.1) is 127 Å². The molecule has 0 saturated heterocycles. The first kappa shape index (κ1) is 86.2. The number of nitrogens with zero attached hydrogens (tertiary/aromatic N) is 3. The second-order valence-corrected chi connectivity index (χ2v) is 33.0. The summed E-state index contributed by atoms with van der Waals surface area (Å²) < 4.78 is 239. The quantitative estimate of drug-likeness (QED) is 0.0114. The molecule has 1 aliphatic carbocycles. The minimum Gasteiger partial charge on any atom is -0.492 e. The van der Waals surface area contributed by atoms with Crippen LogP contribution in [0.1, 0.15) is 76.3 Å². The largest absolute Gasteiger partial charge is 0.492 e. The third-order valence-electron chi connectivity index (χ3n) is 18.1. The van der Waals surface area contributed by atoms with Gasteiger partial charge in [0.2, 0.25) is 17.4 Å². The van der Waals surface area contributed by atoms with E-state index < -0.39 is 104 Å². The molecule has 5 aromatic rings. The monoisotopic (exact) mass is 1620 g/mol. The maximum absolute atomic E-state index is 13.4. The molecule has 107 heavy (non-hydrogen) atoms. The molecule has 2 unspecified atom stereocenters. The average molecular weight is 1620 g/mol. The number of aromatic nitrogens is 1. The molecule has 0 saturated carbocycles. The Morgan fingerprint density at radius 1 is 0.533 bits per heavy atom. The Labute approximate surface area is 626 Å². The van der Waals surface area contributed by atoms with Gasteiger partial charge in [0.15, 0.2) is 12.3 Å². The third-order valence-corrected chi connectivity index (χ3v) is 22.9. The molecule has 0 bridgehead atoms. The molecule has 0 spiro atoms. The van der Waals surface area contributed by atoms with Crippen molar-refractivity contribution in [3.05, 3.63) is 118 Å². The predicted molar refractivity (Wildman–Crippen MR) is 390 cm³/mol. The molecule has 0 fully saturated rings. The number of anilines is 1. The fourth-order valence-electron chi connectivity index (χ4n) is 13.1. The van der Waals surface area contributed by atoms with Crippen LogP contribution in [-0.4, -0.2) is 248 Å². The first-order valence-electron chi connectivity index (χ1n) is 34.0. The van der Waals surface area contributed by atoms with E-state index in [0.29, 0.717) is 128 Å². The Bertz CT molecular complexity index is 4730. The number of aromatic hydroxyl groups is 2. The highest BCUT2D eigenvalue weighted by molar-refractivity contribution is 7.87. The first-order chi connectivity index (χ1) is 50.6. The summed E-state index contributed by atoms with van der Waals surface area (Å²) >= 11 is 7.53. The molecule has 7 N–H and O–H groups in total. The Hall–Kier alpha value is -6.38. The third kappa shape index (κ3) is 22.9. The maximum Gasteiger partial charge on any atom is 0.333 e. The van der Waals surface area contributed by atoms with Crippen LogP contribution in [0.3, 0.4) is 0 Å². The molecule has 2 aliphatic heterocycles. The minimum atomic E-state index is -5.20. The summed E-state index contributed by atoms with van der Waals surface area (Å²) in [6.07, 6.45) is 7.70. The van der Waals surface area contributed by atoms with E-state index >= 15 is 0 Å². The predicted octanol–water partition coefficient (Wildman–Crippen LogP) is 7.29. The summed E-state index contributed by atoms with van der Waals surface area (Å²) in [5, 5.41) is 20.4. The van der Waals surface area contributed by atoms with Crippen LogP contribution < -0.4 is 9.74 Å². The lowest BCUT2D eigenvalue weighted by Gasteiger charge is -2.31. The first-order valence-corrected chi connectivity index (χ1v) is 41.8. The zero-order valence-corrected chi connectivity index (χ0v) is 64.3. The molecule has 3 aliphatic rings. The van der Waals surface area contributed by atoms with Crippen LogP contribution in [0.15, 0.2) is 126 Å². The number of hydrogen-bond donors (Lipinski definition) is 7. The zero-order chi connectivity index (χ0) is 78.0. The Morgan fingerprint density at radius 2 is 1.01 bits per heavy atom. The molecule has 4 aromatic carbocycles. The van der Waals surface area contributed by atoms with E-state index in [1.54, 1.807) is 64.5 Å². The fourth-order valence-corrected chi connectivity index (χ4v) is 16.7. The van der Waals surface area contributed by atoms with Crippen molar-refractivity contribution in [1.29, 1.82) is 0 Å². The Morgan fingerprint density at radius 3 is 1.50 bits per heavy atom. The number of rotatable bonds is 46. The Balaban J connectivity index is 1.20. The second kappa shape index (κ2) is 38.5. The molecule has 3 heterocycles. The lowest BCUT2D eigenvalue weighted by Crippen LogP contribution is -2.33. The normalized spacial score (nSPS) is 18.2. The Kier molecular flexibility index (Phi) is 31.0. The van der Waals surface area contributed by atoms with Crippen molar-refractivity contribution in [2.75, 3.05) is 157 Å². The van der Waals surface area contributed by atoms with E-state index in [4.69, 9.17) is 63.8 Å². The van der Waals surface area contributed by atoms with Gasteiger partial charge >= 0.3 is 5.97 Å². The van der Waals surface area contributed by atoms with Gasteiger partial charge in [-0.25, -0.2) is 4.79 Å². The van der Waals surface area contributed by atoms with Crippen molar-refractivity contribution in [3.8, 4) is 11.8 Å². The van der Waals surface area contributed by atoms with Crippen LogP contribution in [-0.2, 0) is 114 Å². The molecule has 2 atom stereocenters. The zero-order valence-electron chi connectivity index (χ0n) is 59.5. The number of benzene rings is 4. The van der Waals surface area contributed by atoms with Gasteiger partial charge in [0, 0.05) is 96.2 Å². The lowest BCUT2D eigenvalue weighted by atomic mass is 9.74. The van der Waals surface area contributed by atoms with Gasteiger partial charge in [0.1, 0.15) is 16.4 Å². The van der Waals surface area contributed by atoms with E-state index in [1.807, 2.05) is 9.48 Å². The van der Waals surface area contributed by atoms with Crippen molar-refractivity contribution in [1.82, 2.24) is 4.73 Å². The van der Waals surface area contributed by atoms with Crippen LogP contribution in [0.4, 0.5) is 11.4 Å². The number of fused-ring (bicyclic) bond motifs is 6. The topological polar surface area (TPSA) is 442 Å². The van der Waals surface area contributed by atoms with Crippen LogP contribution in [0.2, 0.25) is 0 Å². The SMILES string of the molecule is COCCOCCOCCOCCOCCOCC[N+]1=C(C=CC2=C(Cl)C(=CC=C3N(CCCC(=O)On4c(O)ccc4O)c4ccc5c(S(=O)(=O)O)cc(S(=O)(=O)O)cc5c4C3(C)CCOCCOCCOCCOC)CCC2)C(C)(CCCS(=O)(=O)O)c2c1ccc1c(S(=O)(=O)O)cc(S(=O)(=O)O)cc21. The molecule has 8 rings (SSSR count). The van der Waals surface area contributed by atoms with Gasteiger partial charge in [-0.3, -0.25) is 22.8 Å². The van der Waals surface area contributed by atoms with Crippen molar-refractivity contribution < 1.29 is 137 Å². The highest BCUT2D eigenvalue weighted by atomic mass is 35.5. The van der Waals surface area contributed by atoms with Crippen LogP contribution in [0.5, 0.6) is 11.8 Å². The molecule has 1 aromatic heterocycles. The summed E-state index contributed by atoms with van der Waals surface area (Å²) in [6, 6.07) is 11.4. The number of methoxy groups -OCH3 is 2. The lowest BCUT2D eigenvalue weighted by molar-refractivity contribution is -0.442. The van der Waals surface area contributed by atoms with Gasteiger partial charge < -0.3 is 67.3 Å². The van der Waals surface area contributed by atoms with Gasteiger partial charge in [-0.15, -0.1) is 4.73 Å². The van der Waals surface area contributed by atoms with Crippen molar-refractivity contribution in [2.45, 2.75) is 95.6 Å². The summed E-state index contributed by atoms with van der Waals surface area (Å²) in [5.74, 6) is -2.74. The van der Waals surface area contributed by atoms with E-state index in [9.17, 15) is 79.9 Å². The van der Waals surface area contributed by atoms with Crippen LogP contribution >= 0.6 is 11.6 Å². The molecular weight excluding hydrogens is 1530 g/mol. The maximum atomic E-state index is 13.4. The number of allylic oxidation sites excluding steroid dienone is 8. The van der Waals surface area contributed by atoms with Crippen LogP contribution in [0.25, 0.3) is 21.5 Å². The number of ether oxygens (including phenoxy) is 10. The molecule has 38 heteroatoms. The van der Waals surface area contributed by atoms with Crippen molar-refractivity contribution in [2.24, 2.45) is 0 Å². The van der Waals surface area contributed by atoms with Gasteiger partial charge in [0.25, 0.3) is 50.6 Å². The molecule has 0 amide bonds. The highest BCUT2D eigenvalue weighted by Crippen LogP contribution is 2.55. The highest BCUT2D eigenvalue weighted by Gasteiger charge is 2.50. The molecular formula is C69H91ClN3O29S5+.